The van der Waals surface area contributed by atoms with Crippen LogP contribution in [-0.2, 0) is 17.2 Å². The van der Waals surface area contributed by atoms with Gasteiger partial charge in [0.25, 0.3) is 0 Å². The highest BCUT2D eigenvalue weighted by Crippen LogP contribution is 2.44. The summed E-state index contributed by atoms with van der Waals surface area (Å²) in [5.41, 5.74) is 3.52. The molecule has 20 heavy (non-hydrogen) atoms. The van der Waals surface area contributed by atoms with Crippen LogP contribution in [-0.4, -0.2) is 5.78 Å². The highest BCUT2D eigenvalue weighted by Gasteiger charge is 2.44. The number of halogens is 2. The molecule has 1 aliphatic rings. The predicted molar refractivity (Wildman–Crippen MR) is 80.9 cm³/mol. The number of alkyl halides is 1. The maximum Gasteiger partial charge on any atom is 0.184 e. The minimum atomic E-state index is -0.756. The van der Waals surface area contributed by atoms with E-state index in [0.29, 0.717) is 12.0 Å². The molecular formula is C17H14BrFO. The van der Waals surface area contributed by atoms with E-state index >= 15 is 0 Å². The summed E-state index contributed by atoms with van der Waals surface area (Å²) in [6.07, 6.45) is 1.42. The van der Waals surface area contributed by atoms with Crippen molar-refractivity contribution >= 4 is 21.7 Å². The van der Waals surface area contributed by atoms with Crippen LogP contribution in [0.1, 0.15) is 34.0 Å². The molecule has 3 heteroatoms. The van der Waals surface area contributed by atoms with Crippen molar-refractivity contribution in [1.82, 2.24) is 0 Å². The van der Waals surface area contributed by atoms with Crippen LogP contribution < -0.4 is 0 Å². The van der Waals surface area contributed by atoms with E-state index in [0.717, 1.165) is 17.5 Å². The standard InChI is InChI=1S/C17H14BrFO/c1-2-11-4-3-5-13(8-11)17(18)10-12-9-14(19)6-7-15(12)16(17)20/h3-9H,2,10H2,1H3. The first-order valence-electron chi connectivity index (χ1n) is 6.66. The summed E-state index contributed by atoms with van der Waals surface area (Å²) >= 11 is 3.62. The second kappa shape index (κ2) is 4.81. The van der Waals surface area contributed by atoms with Gasteiger partial charge in [-0.05, 0) is 41.3 Å². The summed E-state index contributed by atoms with van der Waals surface area (Å²) in [6, 6.07) is 12.4. The van der Waals surface area contributed by atoms with Crippen LogP contribution in [0.4, 0.5) is 4.39 Å². The highest BCUT2D eigenvalue weighted by atomic mass is 79.9. The molecule has 0 N–H and O–H groups in total. The highest BCUT2D eigenvalue weighted by molar-refractivity contribution is 9.10. The normalized spacial score (nSPS) is 21.1. The minimum Gasteiger partial charge on any atom is -0.292 e. The third-order valence-electron chi connectivity index (χ3n) is 3.90. The van der Waals surface area contributed by atoms with E-state index < -0.39 is 4.32 Å². The lowest BCUT2D eigenvalue weighted by atomic mass is 9.93. The molecule has 0 aromatic heterocycles. The van der Waals surface area contributed by atoms with E-state index in [4.69, 9.17) is 0 Å². The topological polar surface area (TPSA) is 17.1 Å². The Morgan fingerprint density at radius 3 is 2.80 bits per heavy atom. The van der Waals surface area contributed by atoms with Crippen molar-refractivity contribution in [3.8, 4) is 0 Å². The summed E-state index contributed by atoms with van der Waals surface area (Å²) < 4.78 is 12.6. The molecular weight excluding hydrogens is 319 g/mol. The van der Waals surface area contributed by atoms with Crippen LogP contribution in [0, 0.1) is 5.82 Å². The smallest absolute Gasteiger partial charge is 0.184 e. The lowest BCUT2D eigenvalue weighted by Gasteiger charge is -2.21. The van der Waals surface area contributed by atoms with Gasteiger partial charge in [0.1, 0.15) is 10.1 Å². The molecule has 0 saturated heterocycles. The summed E-state index contributed by atoms with van der Waals surface area (Å²) in [4.78, 5) is 12.7. The molecule has 0 aliphatic heterocycles. The van der Waals surface area contributed by atoms with Crippen molar-refractivity contribution in [2.75, 3.05) is 0 Å². The fourth-order valence-electron chi connectivity index (χ4n) is 2.76. The Labute approximate surface area is 126 Å². The van der Waals surface area contributed by atoms with Gasteiger partial charge in [0.15, 0.2) is 5.78 Å². The molecule has 1 nitrogen and oxygen atoms in total. The molecule has 1 unspecified atom stereocenters. The van der Waals surface area contributed by atoms with E-state index in [1.54, 1.807) is 6.07 Å². The van der Waals surface area contributed by atoms with E-state index in [9.17, 15) is 9.18 Å². The van der Waals surface area contributed by atoms with Crippen LogP contribution in [0.2, 0.25) is 0 Å². The number of hydrogen-bond acceptors (Lipinski definition) is 1. The van der Waals surface area contributed by atoms with Crippen LogP contribution in [0.15, 0.2) is 42.5 Å². The molecule has 0 fully saturated rings. The maximum absolute atomic E-state index is 13.3. The Balaban J connectivity index is 2.08. The van der Waals surface area contributed by atoms with Crippen LogP contribution >= 0.6 is 15.9 Å². The zero-order valence-electron chi connectivity index (χ0n) is 11.1. The Morgan fingerprint density at radius 2 is 2.05 bits per heavy atom. The predicted octanol–water partition coefficient (Wildman–Crippen LogP) is 4.42. The molecule has 0 spiro atoms. The van der Waals surface area contributed by atoms with Gasteiger partial charge in [0.2, 0.25) is 0 Å². The summed E-state index contributed by atoms with van der Waals surface area (Å²) in [5.74, 6) is -0.281. The zero-order chi connectivity index (χ0) is 14.3. The van der Waals surface area contributed by atoms with Gasteiger partial charge in [-0.3, -0.25) is 4.79 Å². The Morgan fingerprint density at radius 1 is 1.25 bits per heavy atom. The van der Waals surface area contributed by atoms with E-state index in [1.165, 1.54) is 17.7 Å². The number of fused-ring (bicyclic) bond motifs is 1. The first kappa shape index (κ1) is 13.5. The number of rotatable bonds is 2. The molecule has 0 amide bonds. The molecule has 3 rings (SSSR count). The van der Waals surface area contributed by atoms with Crippen molar-refractivity contribution in [2.24, 2.45) is 0 Å². The third kappa shape index (κ3) is 2.01. The molecule has 1 atom stereocenters. The van der Waals surface area contributed by atoms with E-state index in [1.807, 2.05) is 18.2 Å². The average Bonchev–Trinajstić information content (AvgIpc) is 2.71. The Hall–Kier alpha value is -1.48. The van der Waals surface area contributed by atoms with Gasteiger partial charge >= 0.3 is 0 Å². The van der Waals surface area contributed by atoms with Crippen molar-refractivity contribution in [3.05, 3.63) is 70.5 Å². The van der Waals surface area contributed by atoms with Crippen molar-refractivity contribution in [1.29, 1.82) is 0 Å². The van der Waals surface area contributed by atoms with E-state index in [-0.39, 0.29) is 11.6 Å². The molecule has 2 aromatic carbocycles. The third-order valence-corrected chi connectivity index (χ3v) is 5.00. The second-order valence-corrected chi connectivity index (χ2v) is 6.52. The van der Waals surface area contributed by atoms with Crippen molar-refractivity contribution in [3.63, 3.8) is 0 Å². The monoisotopic (exact) mass is 332 g/mol. The van der Waals surface area contributed by atoms with Gasteiger partial charge in [-0.2, -0.15) is 0 Å². The first-order chi connectivity index (χ1) is 9.54. The Bertz CT molecular complexity index is 695. The van der Waals surface area contributed by atoms with Gasteiger partial charge in [0.05, 0.1) is 0 Å². The number of benzene rings is 2. The summed E-state index contributed by atoms with van der Waals surface area (Å²) in [6.45, 7) is 2.08. The fraction of sp³-hybridized carbons (Fsp3) is 0.235. The maximum atomic E-state index is 13.3. The molecule has 0 radical (unpaired) electrons. The number of Topliss-reactive ketones (excluding diaryl/α,β-unsaturated/α-hetero) is 1. The summed E-state index contributed by atoms with van der Waals surface area (Å²) in [5, 5.41) is 0. The quantitative estimate of drug-likeness (QED) is 0.744. The zero-order valence-corrected chi connectivity index (χ0v) is 12.7. The van der Waals surface area contributed by atoms with Gasteiger partial charge in [-0.1, -0.05) is 47.1 Å². The first-order valence-corrected chi connectivity index (χ1v) is 7.45. The number of aryl methyl sites for hydroxylation is 1. The molecule has 0 saturated carbocycles. The van der Waals surface area contributed by atoms with Crippen molar-refractivity contribution < 1.29 is 9.18 Å². The molecule has 2 aromatic rings. The number of ketones is 1. The summed E-state index contributed by atoms with van der Waals surface area (Å²) in [7, 11) is 0. The fourth-order valence-corrected chi connectivity index (χ4v) is 3.52. The molecule has 1 aliphatic carbocycles. The van der Waals surface area contributed by atoms with Gasteiger partial charge < -0.3 is 0 Å². The lowest BCUT2D eigenvalue weighted by molar-refractivity contribution is 0.0960. The number of carbonyl (C=O) groups excluding carboxylic acids is 1. The molecule has 102 valence electrons. The molecule has 0 heterocycles. The average molecular weight is 333 g/mol. The largest absolute Gasteiger partial charge is 0.292 e. The SMILES string of the molecule is CCc1cccc(C2(Br)Cc3cc(F)ccc3C2=O)c1. The molecule has 0 bridgehead atoms. The van der Waals surface area contributed by atoms with E-state index in [2.05, 4.69) is 28.9 Å². The van der Waals surface area contributed by atoms with Gasteiger partial charge in [-0.15, -0.1) is 0 Å². The number of hydrogen-bond donors (Lipinski definition) is 0. The second-order valence-electron chi connectivity index (χ2n) is 5.16. The van der Waals surface area contributed by atoms with Crippen LogP contribution in [0.5, 0.6) is 0 Å². The van der Waals surface area contributed by atoms with Crippen LogP contribution in [0.3, 0.4) is 0 Å². The minimum absolute atomic E-state index is 0.0146. The Kier molecular flexibility index (Phi) is 3.25. The van der Waals surface area contributed by atoms with Gasteiger partial charge in [-0.25, -0.2) is 4.39 Å². The van der Waals surface area contributed by atoms with Crippen LogP contribution in [0.25, 0.3) is 0 Å². The van der Waals surface area contributed by atoms with Crippen molar-refractivity contribution in [2.45, 2.75) is 24.1 Å². The number of carbonyl (C=O) groups is 1. The van der Waals surface area contributed by atoms with Gasteiger partial charge in [0, 0.05) is 12.0 Å². The lowest BCUT2D eigenvalue weighted by Crippen LogP contribution is -2.25.